The van der Waals surface area contributed by atoms with E-state index in [1.54, 1.807) is 48.3 Å². The molecule has 2 aromatic heterocycles. The molecule has 0 aliphatic heterocycles. The highest BCUT2D eigenvalue weighted by atomic mass is 32.2. The Balaban J connectivity index is 1.55. The number of carbonyl (C=O) groups excluding carboxylic acids is 1. The highest BCUT2D eigenvalue weighted by Gasteiger charge is 2.22. The number of hydrogen-bond acceptors (Lipinski definition) is 7. The van der Waals surface area contributed by atoms with Gasteiger partial charge in [-0.25, -0.2) is 4.98 Å². The van der Waals surface area contributed by atoms with Gasteiger partial charge in [-0.15, -0.1) is 11.3 Å². The molecule has 0 saturated carbocycles. The Labute approximate surface area is 188 Å². The number of aryl methyl sites for hydroxylation is 2. The number of amides is 1. The average Bonchev–Trinajstić information content (AvgIpc) is 3.16. The molecule has 1 amide bonds. The number of thiophene rings is 1. The predicted octanol–water partition coefficient (Wildman–Crippen LogP) is 4.10. The van der Waals surface area contributed by atoms with Crippen LogP contribution in [0.4, 0.5) is 5.69 Å². The van der Waals surface area contributed by atoms with Gasteiger partial charge < -0.3 is 14.8 Å². The van der Waals surface area contributed by atoms with Gasteiger partial charge in [-0.1, -0.05) is 11.8 Å². The third-order valence-corrected chi connectivity index (χ3v) is 7.49. The second kappa shape index (κ2) is 9.32. The van der Waals surface area contributed by atoms with Gasteiger partial charge in [0.1, 0.15) is 16.3 Å². The van der Waals surface area contributed by atoms with Crippen LogP contribution >= 0.6 is 23.1 Å². The first-order valence-corrected chi connectivity index (χ1v) is 12.0. The van der Waals surface area contributed by atoms with Crippen LogP contribution in [0, 0.1) is 0 Å². The number of fused-ring (bicyclic) bond motifs is 3. The van der Waals surface area contributed by atoms with E-state index in [-0.39, 0.29) is 17.2 Å². The van der Waals surface area contributed by atoms with Crippen LogP contribution in [0.1, 0.15) is 30.2 Å². The number of hydrogen-bond donors (Lipinski definition) is 1. The molecule has 9 heteroatoms. The van der Waals surface area contributed by atoms with Crippen molar-refractivity contribution in [3.8, 4) is 11.5 Å². The lowest BCUT2D eigenvalue weighted by atomic mass is 9.97. The molecule has 31 heavy (non-hydrogen) atoms. The van der Waals surface area contributed by atoms with Crippen LogP contribution in [0.5, 0.6) is 11.5 Å². The van der Waals surface area contributed by atoms with Crippen molar-refractivity contribution < 1.29 is 14.3 Å². The smallest absolute Gasteiger partial charge is 0.263 e. The molecular formula is C22H25N3O4S2. The Kier molecular flexibility index (Phi) is 6.52. The molecule has 3 aromatic rings. The maximum Gasteiger partial charge on any atom is 0.263 e. The quantitative estimate of drug-likeness (QED) is 0.423. The molecule has 0 bridgehead atoms. The number of thioether (sulfide) groups is 1. The summed E-state index contributed by atoms with van der Waals surface area (Å²) in [7, 11) is 3.12. The number of nitrogens with one attached hydrogen (secondary N) is 1. The van der Waals surface area contributed by atoms with Gasteiger partial charge in [0.05, 0.1) is 25.4 Å². The van der Waals surface area contributed by atoms with Crippen LogP contribution in [-0.2, 0) is 24.2 Å². The molecule has 0 saturated heterocycles. The van der Waals surface area contributed by atoms with Crippen molar-refractivity contribution in [2.45, 2.75) is 44.3 Å². The summed E-state index contributed by atoms with van der Waals surface area (Å²) in [5.41, 5.74) is 1.78. The third kappa shape index (κ3) is 4.43. The van der Waals surface area contributed by atoms with Gasteiger partial charge in [-0.2, -0.15) is 0 Å². The molecule has 2 heterocycles. The second-order valence-corrected chi connectivity index (χ2v) is 9.30. The molecule has 1 aromatic carbocycles. The van der Waals surface area contributed by atoms with E-state index in [1.165, 1.54) is 28.6 Å². The van der Waals surface area contributed by atoms with Gasteiger partial charge in [-0.3, -0.25) is 14.2 Å². The number of benzene rings is 1. The molecule has 0 atom stereocenters. The Bertz CT molecular complexity index is 1160. The van der Waals surface area contributed by atoms with Crippen molar-refractivity contribution in [2.24, 2.45) is 0 Å². The molecule has 0 radical (unpaired) electrons. The maximum absolute atomic E-state index is 13.2. The van der Waals surface area contributed by atoms with Crippen molar-refractivity contribution in [3.05, 3.63) is 39.0 Å². The Hall–Kier alpha value is -2.52. The van der Waals surface area contributed by atoms with Crippen molar-refractivity contribution in [3.63, 3.8) is 0 Å². The fourth-order valence-electron chi connectivity index (χ4n) is 3.82. The second-order valence-electron chi connectivity index (χ2n) is 7.27. The molecule has 164 valence electrons. The van der Waals surface area contributed by atoms with E-state index >= 15 is 0 Å². The summed E-state index contributed by atoms with van der Waals surface area (Å²) in [6.45, 7) is 2.45. The molecular weight excluding hydrogens is 434 g/mol. The number of anilines is 1. The summed E-state index contributed by atoms with van der Waals surface area (Å²) in [5, 5.41) is 4.22. The topological polar surface area (TPSA) is 82.5 Å². The molecule has 4 rings (SSSR count). The van der Waals surface area contributed by atoms with Crippen LogP contribution < -0.4 is 20.3 Å². The normalized spacial score (nSPS) is 13.1. The van der Waals surface area contributed by atoms with Crippen molar-refractivity contribution in [2.75, 3.05) is 25.3 Å². The van der Waals surface area contributed by atoms with Crippen LogP contribution in [0.25, 0.3) is 10.2 Å². The largest absolute Gasteiger partial charge is 0.497 e. The van der Waals surface area contributed by atoms with E-state index in [0.29, 0.717) is 28.9 Å². The van der Waals surface area contributed by atoms with Gasteiger partial charge in [0.25, 0.3) is 5.56 Å². The third-order valence-electron chi connectivity index (χ3n) is 5.32. The average molecular weight is 460 g/mol. The number of nitrogens with zero attached hydrogens (tertiary/aromatic N) is 2. The summed E-state index contributed by atoms with van der Waals surface area (Å²) < 4.78 is 12.2. The molecule has 7 nitrogen and oxygen atoms in total. The minimum Gasteiger partial charge on any atom is -0.497 e. The van der Waals surface area contributed by atoms with Gasteiger partial charge in [0.15, 0.2) is 5.16 Å². The first kappa shape index (κ1) is 21.7. The first-order valence-electron chi connectivity index (χ1n) is 10.2. The Morgan fingerprint density at radius 3 is 2.58 bits per heavy atom. The van der Waals surface area contributed by atoms with E-state index in [1.807, 2.05) is 6.92 Å². The zero-order valence-electron chi connectivity index (χ0n) is 17.8. The summed E-state index contributed by atoms with van der Waals surface area (Å²) in [6.07, 6.45) is 4.26. The SMILES string of the molecule is CCn1c(SCC(=O)Nc2cc(OC)cc(OC)c2)nc2sc3c(c2c1=O)CCCC3. The highest BCUT2D eigenvalue weighted by molar-refractivity contribution is 7.99. The van der Waals surface area contributed by atoms with Crippen LogP contribution in [0.3, 0.4) is 0 Å². The van der Waals surface area contributed by atoms with Crippen molar-refractivity contribution in [1.29, 1.82) is 0 Å². The van der Waals surface area contributed by atoms with Crippen molar-refractivity contribution >= 4 is 44.9 Å². The standard InChI is InChI=1S/C22H25N3O4S2/c1-4-25-21(27)19-16-7-5-6-8-17(16)31-20(19)24-22(25)30-12-18(26)23-13-9-14(28-2)11-15(10-13)29-3/h9-11H,4-8,12H2,1-3H3,(H,23,26). The fraction of sp³-hybridized carbons (Fsp3) is 0.409. The van der Waals surface area contributed by atoms with Crippen LogP contribution in [0.15, 0.2) is 28.2 Å². The molecule has 1 aliphatic rings. The van der Waals surface area contributed by atoms with E-state index in [9.17, 15) is 9.59 Å². The Morgan fingerprint density at radius 1 is 1.19 bits per heavy atom. The lowest BCUT2D eigenvalue weighted by molar-refractivity contribution is -0.113. The van der Waals surface area contributed by atoms with E-state index in [4.69, 9.17) is 14.5 Å². The van der Waals surface area contributed by atoms with E-state index in [2.05, 4.69) is 5.32 Å². The fourth-order valence-corrected chi connectivity index (χ4v) is 5.98. The van der Waals surface area contributed by atoms with Gasteiger partial charge >= 0.3 is 0 Å². The first-order chi connectivity index (χ1) is 15.0. The molecule has 1 aliphatic carbocycles. The number of carbonyl (C=O) groups is 1. The van der Waals surface area contributed by atoms with Crippen LogP contribution in [0.2, 0.25) is 0 Å². The molecule has 0 unspecified atom stereocenters. The number of rotatable bonds is 7. The van der Waals surface area contributed by atoms with Crippen LogP contribution in [-0.4, -0.2) is 35.4 Å². The van der Waals surface area contributed by atoms with E-state index < -0.39 is 0 Å². The minimum atomic E-state index is -0.192. The monoisotopic (exact) mass is 459 g/mol. The number of methoxy groups -OCH3 is 2. The van der Waals surface area contributed by atoms with Gasteiger partial charge in [-0.05, 0) is 38.2 Å². The predicted molar refractivity (Wildman–Crippen MR) is 125 cm³/mol. The molecule has 0 fully saturated rings. The van der Waals surface area contributed by atoms with E-state index in [0.717, 1.165) is 29.5 Å². The highest BCUT2D eigenvalue weighted by Crippen LogP contribution is 2.34. The minimum absolute atomic E-state index is 0.00680. The number of ether oxygens (including phenoxy) is 2. The molecule has 1 N–H and O–H groups in total. The summed E-state index contributed by atoms with van der Waals surface area (Å²) in [4.78, 5) is 32.6. The Morgan fingerprint density at radius 2 is 1.90 bits per heavy atom. The number of aromatic nitrogens is 2. The summed E-state index contributed by atoms with van der Waals surface area (Å²) in [6, 6.07) is 5.20. The van der Waals surface area contributed by atoms with Gasteiger partial charge in [0, 0.05) is 35.3 Å². The lowest BCUT2D eigenvalue weighted by Crippen LogP contribution is -2.24. The lowest BCUT2D eigenvalue weighted by Gasteiger charge is -2.12. The summed E-state index contributed by atoms with van der Waals surface area (Å²) >= 11 is 2.90. The maximum atomic E-state index is 13.2. The summed E-state index contributed by atoms with van der Waals surface area (Å²) in [5.74, 6) is 1.14. The van der Waals surface area contributed by atoms with Crippen molar-refractivity contribution in [1.82, 2.24) is 9.55 Å². The molecule has 0 spiro atoms. The zero-order chi connectivity index (χ0) is 22.0. The zero-order valence-corrected chi connectivity index (χ0v) is 19.5. The van der Waals surface area contributed by atoms with Gasteiger partial charge in [0.2, 0.25) is 5.91 Å².